The standard InChI is InChI=1S/C21H15NO5S/c1-14(23)15-8-2-5-11-18(15)27-21(24)16-9-3-6-12-19(16)28-20-13-7-4-10-17(20)22(25)26/h2-13H,1H3. The third-order valence-electron chi connectivity index (χ3n) is 3.86. The molecule has 0 amide bonds. The summed E-state index contributed by atoms with van der Waals surface area (Å²) in [6, 6.07) is 19.5. The monoisotopic (exact) mass is 393 g/mol. The Bertz CT molecular complexity index is 1060. The Morgan fingerprint density at radius 1 is 0.857 bits per heavy atom. The number of nitro benzene ring substituents is 1. The minimum absolute atomic E-state index is 0.0439. The molecule has 0 N–H and O–H groups in total. The van der Waals surface area contributed by atoms with Crippen molar-refractivity contribution in [2.75, 3.05) is 0 Å². The van der Waals surface area contributed by atoms with Crippen LogP contribution in [0.5, 0.6) is 5.75 Å². The van der Waals surface area contributed by atoms with E-state index in [1.54, 1.807) is 66.7 Å². The minimum Gasteiger partial charge on any atom is -0.422 e. The van der Waals surface area contributed by atoms with Crippen LogP contribution in [0.3, 0.4) is 0 Å². The van der Waals surface area contributed by atoms with Crippen LogP contribution in [-0.2, 0) is 0 Å². The number of ketones is 1. The molecule has 6 nitrogen and oxygen atoms in total. The predicted octanol–water partition coefficient (Wildman–Crippen LogP) is 5.17. The van der Waals surface area contributed by atoms with Crippen molar-refractivity contribution in [1.82, 2.24) is 0 Å². The van der Waals surface area contributed by atoms with Crippen LogP contribution in [-0.4, -0.2) is 16.7 Å². The second-order valence-electron chi connectivity index (χ2n) is 5.76. The number of esters is 1. The molecule has 140 valence electrons. The lowest BCUT2D eigenvalue weighted by molar-refractivity contribution is -0.387. The van der Waals surface area contributed by atoms with Crippen LogP contribution in [0.25, 0.3) is 0 Å². The van der Waals surface area contributed by atoms with E-state index in [1.165, 1.54) is 13.0 Å². The van der Waals surface area contributed by atoms with Gasteiger partial charge in [-0.15, -0.1) is 0 Å². The molecule has 0 unspecified atom stereocenters. The van der Waals surface area contributed by atoms with Gasteiger partial charge in [0.1, 0.15) is 5.75 Å². The van der Waals surface area contributed by atoms with Gasteiger partial charge >= 0.3 is 5.97 Å². The van der Waals surface area contributed by atoms with E-state index >= 15 is 0 Å². The number of Topliss-reactive ketones (excluding diaryl/α,β-unsaturated/α-hetero) is 1. The topological polar surface area (TPSA) is 86.5 Å². The maximum absolute atomic E-state index is 12.7. The van der Waals surface area contributed by atoms with Crippen molar-refractivity contribution in [2.45, 2.75) is 16.7 Å². The van der Waals surface area contributed by atoms with Gasteiger partial charge in [0, 0.05) is 11.0 Å². The van der Waals surface area contributed by atoms with Crippen LogP contribution in [0.15, 0.2) is 82.6 Å². The van der Waals surface area contributed by atoms with Crippen molar-refractivity contribution in [3.63, 3.8) is 0 Å². The maximum Gasteiger partial charge on any atom is 0.344 e. The zero-order chi connectivity index (χ0) is 20.1. The molecule has 0 bridgehead atoms. The summed E-state index contributed by atoms with van der Waals surface area (Å²) in [7, 11) is 0. The summed E-state index contributed by atoms with van der Waals surface area (Å²) in [5, 5.41) is 11.2. The van der Waals surface area contributed by atoms with Gasteiger partial charge in [-0.1, -0.05) is 48.2 Å². The molecule has 0 heterocycles. The molecule has 0 saturated heterocycles. The molecule has 7 heteroatoms. The molecule has 0 aliphatic carbocycles. The Labute approximate surface area is 165 Å². The van der Waals surface area contributed by atoms with Crippen molar-refractivity contribution >= 4 is 29.2 Å². The van der Waals surface area contributed by atoms with Gasteiger partial charge < -0.3 is 4.74 Å². The Morgan fingerprint density at radius 3 is 2.11 bits per heavy atom. The SMILES string of the molecule is CC(=O)c1ccccc1OC(=O)c1ccccc1Sc1ccccc1[N+](=O)[O-]. The molecule has 0 aliphatic heterocycles. The number of nitro groups is 1. The first-order valence-electron chi connectivity index (χ1n) is 8.30. The number of ether oxygens (including phenoxy) is 1. The lowest BCUT2D eigenvalue weighted by atomic mass is 10.1. The number of hydrogen-bond donors (Lipinski definition) is 0. The summed E-state index contributed by atoms with van der Waals surface area (Å²) >= 11 is 1.11. The number of hydrogen-bond acceptors (Lipinski definition) is 6. The third kappa shape index (κ3) is 4.27. The molecule has 0 fully saturated rings. The fraction of sp³-hybridized carbons (Fsp3) is 0.0476. The summed E-state index contributed by atoms with van der Waals surface area (Å²) in [6.45, 7) is 1.39. The predicted molar refractivity (Wildman–Crippen MR) is 105 cm³/mol. The summed E-state index contributed by atoms with van der Waals surface area (Å²) in [6.07, 6.45) is 0. The second kappa shape index (κ2) is 8.49. The average Bonchev–Trinajstić information content (AvgIpc) is 2.69. The Balaban J connectivity index is 1.92. The van der Waals surface area contributed by atoms with E-state index in [-0.39, 0.29) is 22.8 Å². The largest absolute Gasteiger partial charge is 0.422 e. The van der Waals surface area contributed by atoms with Gasteiger partial charge in [0.2, 0.25) is 0 Å². The molecular weight excluding hydrogens is 378 g/mol. The number of carbonyl (C=O) groups is 2. The number of nitrogens with zero attached hydrogens (tertiary/aromatic N) is 1. The van der Waals surface area contributed by atoms with Crippen LogP contribution >= 0.6 is 11.8 Å². The second-order valence-corrected chi connectivity index (χ2v) is 6.85. The number of rotatable bonds is 6. The summed E-state index contributed by atoms with van der Waals surface area (Å²) < 4.78 is 5.44. The highest BCUT2D eigenvalue weighted by Crippen LogP contribution is 2.36. The van der Waals surface area contributed by atoms with Gasteiger partial charge in [0.15, 0.2) is 5.78 Å². The van der Waals surface area contributed by atoms with Crippen LogP contribution in [0, 0.1) is 10.1 Å². The van der Waals surface area contributed by atoms with Crippen LogP contribution < -0.4 is 4.74 Å². The molecular formula is C21H15NO5S. The van der Waals surface area contributed by atoms with Gasteiger partial charge in [-0.2, -0.15) is 0 Å². The molecule has 0 atom stereocenters. The Kier molecular flexibility index (Phi) is 5.86. The highest BCUT2D eigenvalue weighted by molar-refractivity contribution is 7.99. The Hall–Kier alpha value is -3.45. The van der Waals surface area contributed by atoms with E-state index in [2.05, 4.69) is 0 Å². The first-order chi connectivity index (χ1) is 13.5. The maximum atomic E-state index is 12.7. The van der Waals surface area contributed by atoms with Crippen molar-refractivity contribution in [1.29, 1.82) is 0 Å². The average molecular weight is 393 g/mol. The lowest BCUT2D eigenvalue weighted by Crippen LogP contribution is -2.12. The van der Waals surface area contributed by atoms with E-state index < -0.39 is 10.9 Å². The van der Waals surface area contributed by atoms with E-state index in [9.17, 15) is 19.7 Å². The highest BCUT2D eigenvalue weighted by atomic mass is 32.2. The molecule has 0 spiro atoms. The van der Waals surface area contributed by atoms with Crippen molar-refractivity contribution in [2.24, 2.45) is 0 Å². The van der Waals surface area contributed by atoms with Crippen molar-refractivity contribution < 1.29 is 19.2 Å². The zero-order valence-corrected chi connectivity index (χ0v) is 15.6. The lowest BCUT2D eigenvalue weighted by Gasteiger charge is -2.11. The van der Waals surface area contributed by atoms with E-state index in [1.807, 2.05) is 0 Å². The summed E-state index contributed by atoms with van der Waals surface area (Å²) in [5.74, 6) is -0.688. The van der Waals surface area contributed by atoms with Gasteiger partial charge in [0.25, 0.3) is 5.69 Å². The first-order valence-corrected chi connectivity index (χ1v) is 9.11. The molecule has 0 aliphatic rings. The molecule has 0 aromatic heterocycles. The fourth-order valence-electron chi connectivity index (χ4n) is 2.54. The number of carbonyl (C=O) groups excluding carboxylic acids is 2. The zero-order valence-electron chi connectivity index (χ0n) is 14.8. The molecule has 28 heavy (non-hydrogen) atoms. The van der Waals surface area contributed by atoms with Crippen molar-refractivity contribution in [3.8, 4) is 5.75 Å². The summed E-state index contributed by atoms with van der Waals surface area (Å²) in [5.41, 5.74) is 0.515. The number of para-hydroxylation sites is 2. The highest BCUT2D eigenvalue weighted by Gasteiger charge is 2.20. The minimum atomic E-state index is -0.643. The van der Waals surface area contributed by atoms with E-state index in [4.69, 9.17) is 4.74 Å². The van der Waals surface area contributed by atoms with E-state index in [0.29, 0.717) is 15.4 Å². The van der Waals surface area contributed by atoms with Gasteiger partial charge in [-0.3, -0.25) is 14.9 Å². The van der Waals surface area contributed by atoms with Crippen LogP contribution in [0.1, 0.15) is 27.6 Å². The smallest absolute Gasteiger partial charge is 0.344 e. The van der Waals surface area contributed by atoms with Gasteiger partial charge in [-0.25, -0.2) is 4.79 Å². The molecule has 3 rings (SSSR count). The fourth-order valence-corrected chi connectivity index (χ4v) is 3.58. The Morgan fingerprint density at radius 2 is 1.43 bits per heavy atom. The molecule has 0 saturated carbocycles. The van der Waals surface area contributed by atoms with Crippen molar-refractivity contribution in [3.05, 3.63) is 94.0 Å². The van der Waals surface area contributed by atoms with Crippen LogP contribution in [0.4, 0.5) is 5.69 Å². The molecule has 0 radical (unpaired) electrons. The van der Waals surface area contributed by atoms with Crippen LogP contribution in [0.2, 0.25) is 0 Å². The number of benzene rings is 3. The summed E-state index contributed by atoms with van der Waals surface area (Å²) in [4.78, 5) is 36.2. The first kappa shape index (κ1) is 19.3. The third-order valence-corrected chi connectivity index (χ3v) is 5.00. The van der Waals surface area contributed by atoms with Gasteiger partial charge in [-0.05, 0) is 37.3 Å². The quantitative estimate of drug-likeness (QED) is 0.189. The normalized spacial score (nSPS) is 10.3. The van der Waals surface area contributed by atoms with E-state index in [0.717, 1.165) is 11.8 Å². The molecule has 3 aromatic carbocycles. The van der Waals surface area contributed by atoms with Gasteiger partial charge in [0.05, 0.1) is 20.9 Å². The molecule has 3 aromatic rings.